The zero-order valence-electron chi connectivity index (χ0n) is 10.6. The molecule has 1 atom stereocenters. The molecule has 1 aliphatic heterocycles. The van der Waals surface area contributed by atoms with Gasteiger partial charge in [0.05, 0.1) is 15.7 Å². The molecule has 0 radical (unpaired) electrons. The minimum Gasteiger partial charge on any atom is -0.366 e. The van der Waals surface area contributed by atoms with Crippen LogP contribution in [0.15, 0.2) is 16.6 Å². The average molecular weight is 311 g/mol. The van der Waals surface area contributed by atoms with E-state index in [0.717, 1.165) is 19.4 Å². The summed E-state index contributed by atoms with van der Waals surface area (Å²) in [6.07, 6.45) is 2.20. The summed E-state index contributed by atoms with van der Waals surface area (Å²) in [6, 6.07) is 5.77. The highest BCUT2D eigenvalue weighted by atomic mass is 79.9. The first kappa shape index (κ1) is 13.4. The molecule has 18 heavy (non-hydrogen) atoms. The lowest BCUT2D eigenvalue weighted by molar-refractivity contribution is 0.485. The van der Waals surface area contributed by atoms with Gasteiger partial charge in [0.15, 0.2) is 5.82 Å². The first-order chi connectivity index (χ1) is 8.56. The normalized spacial score (nSPS) is 19.3. The van der Waals surface area contributed by atoms with Gasteiger partial charge < -0.3 is 4.90 Å². The van der Waals surface area contributed by atoms with E-state index in [1.54, 1.807) is 12.1 Å². The van der Waals surface area contributed by atoms with Gasteiger partial charge in [0.2, 0.25) is 0 Å². The molecule has 1 aromatic carbocycles. The Labute approximate surface area is 116 Å². The van der Waals surface area contributed by atoms with E-state index in [1.807, 2.05) is 6.07 Å². The van der Waals surface area contributed by atoms with Gasteiger partial charge in [0, 0.05) is 12.6 Å². The predicted octanol–water partition coefficient (Wildman–Crippen LogP) is 4.08. The lowest BCUT2D eigenvalue weighted by Gasteiger charge is -2.30. The Hall–Kier alpha value is -1.08. The summed E-state index contributed by atoms with van der Waals surface area (Å²) in [5, 5.41) is 8.88. The van der Waals surface area contributed by atoms with Gasteiger partial charge in [-0.3, -0.25) is 0 Å². The second-order valence-corrected chi connectivity index (χ2v) is 5.81. The maximum Gasteiger partial charge on any atom is 0.161 e. The van der Waals surface area contributed by atoms with Crippen molar-refractivity contribution in [3.63, 3.8) is 0 Å². The molecule has 0 saturated carbocycles. The lowest BCUT2D eigenvalue weighted by atomic mass is 10.0. The molecule has 0 N–H and O–H groups in total. The van der Waals surface area contributed by atoms with E-state index >= 15 is 0 Å². The van der Waals surface area contributed by atoms with Crippen LogP contribution in [0.3, 0.4) is 0 Å². The third kappa shape index (κ3) is 2.24. The Morgan fingerprint density at radius 3 is 2.83 bits per heavy atom. The summed E-state index contributed by atoms with van der Waals surface area (Å²) in [5.74, 6) is 0.183. The molecule has 0 aliphatic carbocycles. The number of anilines is 1. The largest absolute Gasteiger partial charge is 0.366 e. The molecule has 1 aliphatic rings. The second-order valence-electron chi connectivity index (χ2n) is 5.02. The quantitative estimate of drug-likeness (QED) is 0.823. The van der Waals surface area contributed by atoms with E-state index < -0.39 is 0 Å². The van der Waals surface area contributed by atoms with E-state index in [0.29, 0.717) is 23.2 Å². The van der Waals surface area contributed by atoms with Gasteiger partial charge in [-0.25, -0.2) is 4.39 Å². The van der Waals surface area contributed by atoms with Gasteiger partial charge in [-0.2, -0.15) is 5.26 Å². The van der Waals surface area contributed by atoms with Crippen molar-refractivity contribution in [2.45, 2.75) is 32.7 Å². The zero-order chi connectivity index (χ0) is 13.3. The molecule has 1 unspecified atom stereocenters. The minimum absolute atomic E-state index is 0.275. The van der Waals surface area contributed by atoms with E-state index in [1.165, 1.54) is 0 Å². The van der Waals surface area contributed by atoms with E-state index in [-0.39, 0.29) is 10.3 Å². The van der Waals surface area contributed by atoms with Crippen molar-refractivity contribution in [2.24, 2.45) is 5.92 Å². The Morgan fingerprint density at radius 2 is 2.22 bits per heavy atom. The van der Waals surface area contributed by atoms with Crippen molar-refractivity contribution in [1.82, 2.24) is 0 Å². The van der Waals surface area contributed by atoms with Crippen LogP contribution in [0.1, 0.15) is 32.3 Å². The SMILES string of the molecule is CC(C)C1CCCN1c1ccc(C#N)c(Br)c1F. The summed E-state index contributed by atoms with van der Waals surface area (Å²) >= 11 is 3.17. The van der Waals surface area contributed by atoms with Crippen LogP contribution in [0.2, 0.25) is 0 Å². The van der Waals surface area contributed by atoms with Gasteiger partial charge in [-0.05, 0) is 46.8 Å². The van der Waals surface area contributed by atoms with Crippen LogP contribution in [0.25, 0.3) is 0 Å². The van der Waals surface area contributed by atoms with Crippen LogP contribution in [0.5, 0.6) is 0 Å². The van der Waals surface area contributed by atoms with Crippen molar-refractivity contribution >= 4 is 21.6 Å². The summed E-state index contributed by atoms with van der Waals surface area (Å²) in [7, 11) is 0. The van der Waals surface area contributed by atoms with E-state index in [9.17, 15) is 4.39 Å². The van der Waals surface area contributed by atoms with Crippen molar-refractivity contribution in [3.05, 3.63) is 28.0 Å². The Kier molecular flexibility index (Phi) is 3.91. The molecule has 1 fully saturated rings. The van der Waals surface area contributed by atoms with Crippen LogP contribution in [-0.2, 0) is 0 Å². The first-order valence-corrected chi connectivity index (χ1v) is 7.00. The number of benzene rings is 1. The first-order valence-electron chi connectivity index (χ1n) is 6.21. The molecular formula is C14H16BrFN2. The number of rotatable bonds is 2. The van der Waals surface area contributed by atoms with E-state index in [4.69, 9.17) is 5.26 Å². The molecule has 0 aromatic heterocycles. The number of hydrogen-bond acceptors (Lipinski definition) is 2. The van der Waals surface area contributed by atoms with Crippen LogP contribution in [0.4, 0.5) is 10.1 Å². The van der Waals surface area contributed by atoms with Crippen LogP contribution < -0.4 is 4.90 Å². The highest BCUT2D eigenvalue weighted by molar-refractivity contribution is 9.10. The van der Waals surface area contributed by atoms with Crippen molar-refractivity contribution < 1.29 is 4.39 Å². The van der Waals surface area contributed by atoms with Crippen molar-refractivity contribution in [2.75, 3.05) is 11.4 Å². The van der Waals surface area contributed by atoms with Gasteiger partial charge in [-0.1, -0.05) is 13.8 Å². The monoisotopic (exact) mass is 310 g/mol. The molecule has 4 heteroatoms. The topological polar surface area (TPSA) is 27.0 Å². The number of nitrogens with zero attached hydrogens (tertiary/aromatic N) is 2. The lowest BCUT2D eigenvalue weighted by Crippen LogP contribution is -2.34. The highest BCUT2D eigenvalue weighted by Crippen LogP contribution is 2.35. The van der Waals surface area contributed by atoms with Crippen molar-refractivity contribution in [3.8, 4) is 6.07 Å². The van der Waals surface area contributed by atoms with Crippen LogP contribution in [-0.4, -0.2) is 12.6 Å². The predicted molar refractivity (Wildman–Crippen MR) is 74.0 cm³/mol. The van der Waals surface area contributed by atoms with Crippen LogP contribution in [0, 0.1) is 23.1 Å². The smallest absolute Gasteiger partial charge is 0.161 e. The molecule has 0 spiro atoms. The third-order valence-corrected chi connectivity index (χ3v) is 4.34. The number of nitriles is 1. The zero-order valence-corrected chi connectivity index (χ0v) is 12.2. The Balaban J connectivity index is 2.40. The molecular weight excluding hydrogens is 295 g/mol. The fraction of sp³-hybridized carbons (Fsp3) is 0.500. The molecule has 1 aromatic rings. The average Bonchev–Trinajstić information content (AvgIpc) is 2.81. The van der Waals surface area contributed by atoms with E-state index in [2.05, 4.69) is 34.7 Å². The molecule has 1 saturated heterocycles. The number of halogens is 2. The summed E-state index contributed by atoms with van der Waals surface area (Å²) in [6.45, 7) is 5.22. The maximum atomic E-state index is 14.3. The summed E-state index contributed by atoms with van der Waals surface area (Å²) in [5.41, 5.74) is 0.952. The molecule has 0 bridgehead atoms. The maximum absolute atomic E-state index is 14.3. The van der Waals surface area contributed by atoms with Gasteiger partial charge in [0.25, 0.3) is 0 Å². The standard InChI is InChI=1S/C14H16BrFN2/c1-9(2)11-4-3-7-18(11)12-6-5-10(8-17)13(15)14(12)16/h5-6,9,11H,3-4,7H2,1-2H3. The number of hydrogen-bond donors (Lipinski definition) is 0. The Bertz CT molecular complexity index is 493. The van der Waals surface area contributed by atoms with Crippen molar-refractivity contribution in [1.29, 1.82) is 5.26 Å². The third-order valence-electron chi connectivity index (χ3n) is 3.56. The second kappa shape index (κ2) is 5.27. The van der Waals surface area contributed by atoms with Gasteiger partial charge in [0.1, 0.15) is 6.07 Å². The molecule has 2 nitrogen and oxygen atoms in total. The molecule has 1 heterocycles. The molecule has 0 amide bonds. The van der Waals surface area contributed by atoms with Gasteiger partial charge in [-0.15, -0.1) is 0 Å². The Morgan fingerprint density at radius 1 is 1.50 bits per heavy atom. The minimum atomic E-state index is -0.318. The summed E-state index contributed by atoms with van der Waals surface area (Å²) < 4.78 is 14.6. The summed E-state index contributed by atoms with van der Waals surface area (Å²) in [4.78, 5) is 2.13. The van der Waals surface area contributed by atoms with Gasteiger partial charge >= 0.3 is 0 Å². The molecule has 2 rings (SSSR count). The fourth-order valence-corrected chi connectivity index (χ4v) is 3.06. The highest BCUT2D eigenvalue weighted by Gasteiger charge is 2.29. The molecule has 96 valence electrons. The van der Waals surface area contributed by atoms with Crippen LogP contribution >= 0.6 is 15.9 Å². The fourth-order valence-electron chi connectivity index (χ4n) is 2.63.